The van der Waals surface area contributed by atoms with Gasteiger partial charge >= 0.3 is 5.69 Å². The Morgan fingerprint density at radius 3 is 2.92 bits per heavy atom. The molecule has 0 aliphatic heterocycles. The number of H-pyrrole nitrogens is 1. The number of aromatic nitrogens is 2. The van der Waals surface area contributed by atoms with Gasteiger partial charge in [-0.1, -0.05) is 18.2 Å². The van der Waals surface area contributed by atoms with Gasteiger partial charge < -0.3 is 4.98 Å². The maximum atomic E-state index is 11.0. The number of hydrogen-bond donors (Lipinski definition) is 1. The average Bonchev–Trinajstić information content (AvgIpc) is 2.16. The zero-order valence-corrected chi connectivity index (χ0v) is 7.51. The van der Waals surface area contributed by atoms with Crippen LogP contribution < -0.4 is 5.69 Å². The second-order valence-electron chi connectivity index (χ2n) is 2.67. The summed E-state index contributed by atoms with van der Waals surface area (Å²) >= 11 is 5.66. The molecule has 2 aromatic rings. The van der Waals surface area contributed by atoms with E-state index in [-0.39, 0.29) is 11.6 Å². The summed E-state index contributed by atoms with van der Waals surface area (Å²) in [5.74, 6) is 0.254. The van der Waals surface area contributed by atoms with Crippen molar-refractivity contribution >= 4 is 22.5 Å². The highest BCUT2D eigenvalue weighted by Crippen LogP contribution is 2.13. The first-order chi connectivity index (χ1) is 6.31. The highest BCUT2D eigenvalue weighted by Gasteiger charge is 2.01. The van der Waals surface area contributed by atoms with Gasteiger partial charge in [-0.2, -0.15) is 4.98 Å². The van der Waals surface area contributed by atoms with Crippen LogP contribution in [0.5, 0.6) is 0 Å². The molecule has 1 N–H and O–H groups in total. The molecule has 1 aromatic carbocycles. The molecule has 0 spiro atoms. The summed E-state index contributed by atoms with van der Waals surface area (Å²) in [6.07, 6.45) is 0. The quantitative estimate of drug-likeness (QED) is 0.702. The molecule has 2 rings (SSSR count). The van der Waals surface area contributed by atoms with Crippen LogP contribution >= 0.6 is 11.6 Å². The number of halogens is 1. The minimum atomic E-state index is -0.352. The Morgan fingerprint density at radius 2 is 2.15 bits per heavy atom. The number of para-hydroxylation sites is 1. The summed E-state index contributed by atoms with van der Waals surface area (Å²) < 4.78 is 0. The highest BCUT2D eigenvalue weighted by molar-refractivity contribution is 6.17. The van der Waals surface area contributed by atoms with Crippen molar-refractivity contribution in [3.05, 3.63) is 40.4 Å². The molecule has 0 bridgehead atoms. The van der Waals surface area contributed by atoms with E-state index in [0.29, 0.717) is 5.69 Å². The maximum absolute atomic E-state index is 11.0. The van der Waals surface area contributed by atoms with Crippen molar-refractivity contribution in [2.75, 3.05) is 0 Å². The molecular weight excluding hydrogens is 188 g/mol. The molecule has 1 heterocycles. The Morgan fingerprint density at radius 1 is 1.38 bits per heavy atom. The van der Waals surface area contributed by atoms with Crippen LogP contribution in [0.2, 0.25) is 0 Å². The third kappa shape index (κ3) is 1.42. The second-order valence-corrected chi connectivity index (χ2v) is 2.94. The Labute approximate surface area is 79.4 Å². The van der Waals surface area contributed by atoms with E-state index in [4.69, 9.17) is 11.6 Å². The lowest BCUT2D eigenvalue weighted by atomic mass is 10.2. The van der Waals surface area contributed by atoms with Gasteiger partial charge in [0.25, 0.3) is 0 Å². The van der Waals surface area contributed by atoms with Gasteiger partial charge in [-0.25, -0.2) is 4.79 Å². The van der Waals surface area contributed by atoms with Crippen molar-refractivity contribution in [2.24, 2.45) is 0 Å². The average molecular weight is 195 g/mol. The summed E-state index contributed by atoms with van der Waals surface area (Å²) in [6.45, 7) is 0. The molecule has 66 valence electrons. The van der Waals surface area contributed by atoms with E-state index < -0.39 is 0 Å². The third-order valence-corrected chi connectivity index (χ3v) is 2.10. The van der Waals surface area contributed by atoms with Gasteiger partial charge in [0.15, 0.2) is 0 Å². The maximum Gasteiger partial charge on any atom is 0.345 e. The Kier molecular flexibility index (Phi) is 2.02. The van der Waals surface area contributed by atoms with Crippen LogP contribution in [0.25, 0.3) is 10.9 Å². The van der Waals surface area contributed by atoms with Gasteiger partial charge in [0.05, 0.1) is 17.1 Å². The third-order valence-electron chi connectivity index (χ3n) is 1.84. The van der Waals surface area contributed by atoms with Crippen molar-refractivity contribution in [1.82, 2.24) is 9.97 Å². The van der Waals surface area contributed by atoms with Crippen molar-refractivity contribution in [1.29, 1.82) is 0 Å². The first-order valence-electron chi connectivity index (χ1n) is 3.85. The van der Waals surface area contributed by atoms with Crippen LogP contribution in [0.1, 0.15) is 5.69 Å². The van der Waals surface area contributed by atoms with Crippen molar-refractivity contribution < 1.29 is 0 Å². The summed E-state index contributed by atoms with van der Waals surface area (Å²) in [6, 6.07) is 7.46. The molecule has 0 atom stereocenters. The predicted molar refractivity (Wildman–Crippen MR) is 51.9 cm³/mol. The van der Waals surface area contributed by atoms with Crippen molar-refractivity contribution in [2.45, 2.75) is 5.88 Å². The lowest BCUT2D eigenvalue weighted by Gasteiger charge is -2.00. The van der Waals surface area contributed by atoms with E-state index in [1.54, 1.807) is 0 Å². The molecule has 4 heteroatoms. The molecule has 0 aliphatic carbocycles. The monoisotopic (exact) mass is 194 g/mol. The van der Waals surface area contributed by atoms with Crippen LogP contribution in [0.15, 0.2) is 29.1 Å². The minimum absolute atomic E-state index is 0.254. The number of hydrogen-bond acceptors (Lipinski definition) is 2. The normalized spacial score (nSPS) is 10.5. The Balaban J connectivity index is 2.89. The Bertz CT molecular complexity index is 492. The van der Waals surface area contributed by atoms with Gasteiger partial charge in [-0.05, 0) is 6.07 Å². The zero-order chi connectivity index (χ0) is 9.26. The summed E-state index contributed by atoms with van der Waals surface area (Å²) in [5.41, 5.74) is 1.05. The van der Waals surface area contributed by atoms with Gasteiger partial charge in [0.2, 0.25) is 0 Å². The second kappa shape index (κ2) is 3.18. The van der Waals surface area contributed by atoms with Crippen LogP contribution in [-0.2, 0) is 5.88 Å². The molecule has 0 amide bonds. The summed E-state index contributed by atoms with van der Waals surface area (Å²) in [4.78, 5) is 17.5. The smallest absolute Gasteiger partial charge is 0.305 e. The van der Waals surface area contributed by atoms with Crippen LogP contribution in [0.4, 0.5) is 0 Å². The van der Waals surface area contributed by atoms with Gasteiger partial charge in [0.1, 0.15) is 0 Å². The molecule has 0 saturated heterocycles. The molecule has 0 radical (unpaired) electrons. The number of fused-ring (bicyclic) bond motifs is 1. The first kappa shape index (κ1) is 8.26. The van der Waals surface area contributed by atoms with Crippen molar-refractivity contribution in [3.8, 4) is 0 Å². The standard InChI is InChI=1S/C9H7ClN2O/c10-5-8-6-3-1-2-4-7(6)11-9(13)12-8/h1-4H,5H2,(H,11,12,13). The zero-order valence-electron chi connectivity index (χ0n) is 6.75. The molecule has 0 unspecified atom stereocenters. The van der Waals surface area contributed by atoms with E-state index in [1.807, 2.05) is 24.3 Å². The fourth-order valence-corrected chi connectivity index (χ4v) is 1.48. The largest absolute Gasteiger partial charge is 0.345 e. The minimum Gasteiger partial charge on any atom is -0.305 e. The van der Waals surface area contributed by atoms with E-state index in [9.17, 15) is 4.79 Å². The summed E-state index contributed by atoms with van der Waals surface area (Å²) in [7, 11) is 0. The fourth-order valence-electron chi connectivity index (χ4n) is 1.27. The number of benzene rings is 1. The molecular formula is C9H7ClN2O. The highest BCUT2D eigenvalue weighted by atomic mass is 35.5. The van der Waals surface area contributed by atoms with Gasteiger partial charge in [-0.3, -0.25) is 0 Å². The topological polar surface area (TPSA) is 45.8 Å². The Hall–Kier alpha value is -1.35. The first-order valence-corrected chi connectivity index (χ1v) is 4.38. The number of nitrogens with zero attached hydrogens (tertiary/aromatic N) is 1. The summed E-state index contributed by atoms with van der Waals surface area (Å²) in [5, 5.41) is 0.900. The number of rotatable bonds is 1. The predicted octanol–water partition coefficient (Wildman–Crippen LogP) is 1.66. The van der Waals surface area contributed by atoms with E-state index in [1.165, 1.54) is 0 Å². The van der Waals surface area contributed by atoms with Crippen LogP contribution in [-0.4, -0.2) is 9.97 Å². The van der Waals surface area contributed by atoms with E-state index >= 15 is 0 Å². The van der Waals surface area contributed by atoms with E-state index in [2.05, 4.69) is 9.97 Å². The number of nitrogens with one attached hydrogen (secondary N) is 1. The van der Waals surface area contributed by atoms with Gasteiger partial charge in [0, 0.05) is 5.39 Å². The molecule has 1 aromatic heterocycles. The number of alkyl halides is 1. The van der Waals surface area contributed by atoms with Crippen molar-refractivity contribution in [3.63, 3.8) is 0 Å². The van der Waals surface area contributed by atoms with E-state index in [0.717, 1.165) is 10.9 Å². The molecule has 0 fully saturated rings. The van der Waals surface area contributed by atoms with Crippen LogP contribution in [0.3, 0.4) is 0 Å². The molecule has 0 aliphatic rings. The lowest BCUT2D eigenvalue weighted by Crippen LogP contribution is -2.12. The molecule has 3 nitrogen and oxygen atoms in total. The van der Waals surface area contributed by atoms with Crippen LogP contribution in [0, 0.1) is 0 Å². The number of aromatic amines is 1. The molecule has 13 heavy (non-hydrogen) atoms. The van der Waals surface area contributed by atoms with Gasteiger partial charge in [-0.15, -0.1) is 11.6 Å². The SMILES string of the molecule is O=c1nc(CCl)c2ccccc2[nH]1. The lowest BCUT2D eigenvalue weighted by molar-refractivity contribution is 1.06. The fraction of sp³-hybridized carbons (Fsp3) is 0.111. The molecule has 0 saturated carbocycles.